The van der Waals surface area contributed by atoms with Crippen molar-refractivity contribution in [3.05, 3.63) is 35.2 Å². The summed E-state index contributed by atoms with van der Waals surface area (Å²) in [5.74, 6) is 1.19. The molecule has 7 heteroatoms. The van der Waals surface area contributed by atoms with E-state index in [1.807, 2.05) is 18.2 Å². The molecule has 1 aliphatic rings. The number of carbonyl (C=O) groups excluding carboxylic acids is 1. The number of fused-ring (bicyclic) bond motifs is 1. The molecular formula is C14H16N4O3. The topological polar surface area (TPSA) is 93.5 Å². The third-order valence-electron chi connectivity index (χ3n) is 3.40. The van der Waals surface area contributed by atoms with Crippen LogP contribution in [-0.4, -0.2) is 34.8 Å². The highest BCUT2D eigenvalue weighted by atomic mass is 16.7. The highest BCUT2D eigenvalue weighted by molar-refractivity contribution is 5.97. The van der Waals surface area contributed by atoms with Gasteiger partial charge in [-0.25, -0.2) is 0 Å². The molecule has 2 aromatic rings. The van der Waals surface area contributed by atoms with E-state index in [0.717, 1.165) is 11.3 Å². The molecule has 0 saturated carbocycles. The van der Waals surface area contributed by atoms with E-state index in [4.69, 9.17) is 15.2 Å². The number of amides is 1. The average Bonchev–Trinajstić information content (AvgIpc) is 3.05. The standard InChI is InChI=1S/C14H16N4O3/c1-8-12(15)13(17-16-8)14(19)18(2)6-9-3-4-10-11(5-9)21-7-20-10/h3-5H,6-7,15H2,1-2H3,(H,16,17). The number of rotatable bonds is 3. The van der Waals surface area contributed by atoms with Crippen molar-refractivity contribution in [2.24, 2.45) is 0 Å². The van der Waals surface area contributed by atoms with Gasteiger partial charge >= 0.3 is 0 Å². The maximum Gasteiger partial charge on any atom is 0.276 e. The molecule has 0 saturated heterocycles. The Kier molecular flexibility index (Phi) is 3.17. The summed E-state index contributed by atoms with van der Waals surface area (Å²) < 4.78 is 10.6. The Balaban J connectivity index is 1.75. The Labute approximate surface area is 121 Å². The van der Waals surface area contributed by atoms with Crippen LogP contribution < -0.4 is 15.2 Å². The average molecular weight is 288 g/mol. The fourth-order valence-electron chi connectivity index (χ4n) is 2.17. The fourth-order valence-corrected chi connectivity index (χ4v) is 2.17. The van der Waals surface area contributed by atoms with E-state index < -0.39 is 0 Å². The van der Waals surface area contributed by atoms with Gasteiger partial charge in [-0.2, -0.15) is 5.10 Å². The molecule has 1 aliphatic heterocycles. The first-order valence-corrected chi connectivity index (χ1v) is 6.50. The molecule has 0 spiro atoms. The molecule has 7 nitrogen and oxygen atoms in total. The van der Waals surface area contributed by atoms with Crippen LogP contribution in [0.1, 0.15) is 21.7 Å². The maximum atomic E-state index is 12.3. The number of nitrogen functional groups attached to an aromatic ring is 1. The molecule has 0 bridgehead atoms. The van der Waals surface area contributed by atoms with Gasteiger partial charge in [-0.3, -0.25) is 9.89 Å². The van der Waals surface area contributed by atoms with Crippen LogP contribution in [0, 0.1) is 6.92 Å². The number of carbonyl (C=O) groups is 1. The number of aromatic amines is 1. The Bertz CT molecular complexity index is 696. The zero-order chi connectivity index (χ0) is 15.0. The van der Waals surface area contributed by atoms with Crippen molar-refractivity contribution in [2.45, 2.75) is 13.5 Å². The van der Waals surface area contributed by atoms with Crippen molar-refractivity contribution in [3.63, 3.8) is 0 Å². The summed E-state index contributed by atoms with van der Waals surface area (Å²) >= 11 is 0. The number of ether oxygens (including phenoxy) is 2. The lowest BCUT2D eigenvalue weighted by Crippen LogP contribution is -2.27. The van der Waals surface area contributed by atoms with Crippen LogP contribution >= 0.6 is 0 Å². The van der Waals surface area contributed by atoms with Gasteiger partial charge in [-0.05, 0) is 24.6 Å². The molecule has 1 aromatic heterocycles. The van der Waals surface area contributed by atoms with Gasteiger partial charge < -0.3 is 20.1 Å². The van der Waals surface area contributed by atoms with E-state index in [1.54, 1.807) is 18.9 Å². The number of benzene rings is 1. The summed E-state index contributed by atoms with van der Waals surface area (Å²) in [6, 6.07) is 5.60. The lowest BCUT2D eigenvalue weighted by atomic mass is 10.2. The molecule has 3 N–H and O–H groups in total. The van der Waals surface area contributed by atoms with E-state index in [0.29, 0.717) is 23.7 Å². The van der Waals surface area contributed by atoms with Crippen LogP contribution in [-0.2, 0) is 6.54 Å². The maximum absolute atomic E-state index is 12.3. The zero-order valence-electron chi connectivity index (χ0n) is 11.8. The minimum Gasteiger partial charge on any atom is -0.454 e. The van der Waals surface area contributed by atoms with Gasteiger partial charge in [0.15, 0.2) is 17.2 Å². The summed E-state index contributed by atoms with van der Waals surface area (Å²) in [6.45, 7) is 2.44. The Morgan fingerprint density at radius 1 is 1.43 bits per heavy atom. The van der Waals surface area contributed by atoms with Crippen molar-refractivity contribution < 1.29 is 14.3 Å². The molecule has 0 unspecified atom stereocenters. The van der Waals surface area contributed by atoms with Crippen LogP contribution in [0.2, 0.25) is 0 Å². The Hall–Kier alpha value is -2.70. The van der Waals surface area contributed by atoms with Crippen molar-refractivity contribution in [1.82, 2.24) is 15.1 Å². The molecule has 0 radical (unpaired) electrons. The van der Waals surface area contributed by atoms with Gasteiger partial charge in [0.1, 0.15) is 0 Å². The van der Waals surface area contributed by atoms with Crippen molar-refractivity contribution >= 4 is 11.6 Å². The summed E-state index contributed by atoms with van der Waals surface area (Å²) in [4.78, 5) is 13.9. The number of H-pyrrole nitrogens is 1. The van der Waals surface area contributed by atoms with E-state index in [1.165, 1.54) is 0 Å². The lowest BCUT2D eigenvalue weighted by Gasteiger charge is -2.16. The van der Waals surface area contributed by atoms with Gasteiger partial charge in [0.25, 0.3) is 5.91 Å². The minimum absolute atomic E-state index is 0.227. The van der Waals surface area contributed by atoms with Gasteiger partial charge in [-0.1, -0.05) is 6.07 Å². The number of nitrogens with zero attached hydrogens (tertiary/aromatic N) is 2. The van der Waals surface area contributed by atoms with Crippen molar-refractivity contribution in [1.29, 1.82) is 0 Å². The summed E-state index contributed by atoms with van der Waals surface area (Å²) in [5.41, 5.74) is 8.10. The van der Waals surface area contributed by atoms with E-state index in [-0.39, 0.29) is 18.4 Å². The predicted octanol–water partition coefficient (Wildman–Crippen LogP) is 1.30. The summed E-state index contributed by atoms with van der Waals surface area (Å²) in [7, 11) is 1.70. The highest BCUT2D eigenvalue weighted by Crippen LogP contribution is 2.32. The first kappa shape index (κ1) is 13.3. The molecule has 2 heterocycles. The van der Waals surface area contributed by atoms with E-state index >= 15 is 0 Å². The quantitative estimate of drug-likeness (QED) is 0.888. The Morgan fingerprint density at radius 2 is 2.19 bits per heavy atom. The molecule has 0 fully saturated rings. The number of aryl methyl sites for hydroxylation is 1. The molecular weight excluding hydrogens is 272 g/mol. The Morgan fingerprint density at radius 3 is 2.90 bits per heavy atom. The predicted molar refractivity (Wildman–Crippen MR) is 76.1 cm³/mol. The van der Waals surface area contributed by atoms with Crippen molar-refractivity contribution in [3.8, 4) is 11.5 Å². The molecule has 110 valence electrons. The largest absolute Gasteiger partial charge is 0.454 e. The number of anilines is 1. The van der Waals surface area contributed by atoms with E-state index in [2.05, 4.69) is 10.2 Å². The molecule has 3 rings (SSSR count). The summed E-state index contributed by atoms with van der Waals surface area (Å²) in [5, 5.41) is 6.66. The number of nitrogens with one attached hydrogen (secondary N) is 1. The SMILES string of the molecule is Cc1[nH]nc(C(=O)N(C)Cc2ccc3c(c2)OCO3)c1N. The van der Waals surface area contributed by atoms with Gasteiger partial charge in [0, 0.05) is 13.6 Å². The monoisotopic (exact) mass is 288 g/mol. The first-order chi connectivity index (χ1) is 10.1. The molecule has 0 aliphatic carbocycles. The summed E-state index contributed by atoms with van der Waals surface area (Å²) in [6.07, 6.45) is 0. The number of aromatic nitrogens is 2. The minimum atomic E-state index is -0.227. The van der Waals surface area contributed by atoms with Crippen LogP contribution in [0.5, 0.6) is 11.5 Å². The third kappa shape index (κ3) is 2.37. The molecule has 1 aromatic carbocycles. The lowest BCUT2D eigenvalue weighted by molar-refractivity contribution is 0.0780. The molecule has 1 amide bonds. The van der Waals surface area contributed by atoms with E-state index in [9.17, 15) is 4.79 Å². The zero-order valence-corrected chi connectivity index (χ0v) is 11.8. The second kappa shape index (κ2) is 5.01. The highest BCUT2D eigenvalue weighted by Gasteiger charge is 2.20. The second-order valence-corrected chi connectivity index (χ2v) is 4.96. The van der Waals surface area contributed by atoms with Crippen LogP contribution in [0.4, 0.5) is 5.69 Å². The number of nitrogens with two attached hydrogens (primary N) is 1. The third-order valence-corrected chi connectivity index (χ3v) is 3.40. The van der Waals surface area contributed by atoms with Gasteiger partial charge in [-0.15, -0.1) is 0 Å². The van der Waals surface area contributed by atoms with Gasteiger partial charge in [0.2, 0.25) is 6.79 Å². The fraction of sp³-hybridized carbons (Fsp3) is 0.286. The smallest absolute Gasteiger partial charge is 0.276 e. The van der Waals surface area contributed by atoms with Crippen LogP contribution in [0.3, 0.4) is 0 Å². The number of hydrogen-bond acceptors (Lipinski definition) is 5. The van der Waals surface area contributed by atoms with Crippen LogP contribution in [0.15, 0.2) is 18.2 Å². The number of hydrogen-bond donors (Lipinski definition) is 2. The molecule has 0 atom stereocenters. The normalized spacial score (nSPS) is 12.5. The van der Waals surface area contributed by atoms with Crippen molar-refractivity contribution in [2.75, 3.05) is 19.6 Å². The van der Waals surface area contributed by atoms with Gasteiger partial charge in [0.05, 0.1) is 11.4 Å². The second-order valence-electron chi connectivity index (χ2n) is 4.96. The van der Waals surface area contributed by atoms with Crippen LogP contribution in [0.25, 0.3) is 0 Å². The first-order valence-electron chi connectivity index (χ1n) is 6.50. The molecule has 21 heavy (non-hydrogen) atoms.